The van der Waals surface area contributed by atoms with E-state index in [1.54, 1.807) is 18.2 Å². The Hall–Kier alpha value is -1.75. The lowest BCUT2D eigenvalue weighted by Crippen LogP contribution is -2.44. The van der Waals surface area contributed by atoms with Crippen molar-refractivity contribution in [2.75, 3.05) is 11.9 Å². The molecule has 0 aromatic heterocycles. The molecule has 21 heavy (non-hydrogen) atoms. The number of carboxylic acid groups (broad SMARTS) is 1. The van der Waals surface area contributed by atoms with Crippen molar-refractivity contribution in [2.45, 2.75) is 32.6 Å². The first-order chi connectivity index (χ1) is 9.92. The monoisotopic (exact) mass is 310 g/mol. The van der Waals surface area contributed by atoms with Crippen molar-refractivity contribution in [3.05, 3.63) is 28.8 Å². The van der Waals surface area contributed by atoms with Crippen LogP contribution in [-0.4, -0.2) is 23.7 Å². The summed E-state index contributed by atoms with van der Waals surface area (Å²) in [5.74, 6) is -0.817. The molecule has 0 unspecified atom stereocenters. The molecular weight excluding hydrogens is 292 g/mol. The highest BCUT2D eigenvalue weighted by molar-refractivity contribution is 6.31. The third-order valence-electron chi connectivity index (χ3n) is 4.08. The van der Waals surface area contributed by atoms with E-state index in [9.17, 15) is 9.59 Å². The molecule has 2 rings (SSSR count). The van der Waals surface area contributed by atoms with Gasteiger partial charge < -0.3 is 15.7 Å². The predicted octanol–water partition coefficient (Wildman–Crippen LogP) is 3.41. The van der Waals surface area contributed by atoms with Gasteiger partial charge in [0.15, 0.2) is 0 Å². The number of carboxylic acids is 1. The molecule has 1 aliphatic rings. The Balaban J connectivity index is 1.90. The summed E-state index contributed by atoms with van der Waals surface area (Å²) < 4.78 is 0. The molecule has 1 fully saturated rings. The van der Waals surface area contributed by atoms with Gasteiger partial charge in [-0.05, 0) is 42.9 Å². The van der Waals surface area contributed by atoms with E-state index in [1.807, 2.05) is 6.92 Å². The number of aliphatic carboxylic acids is 1. The Morgan fingerprint density at radius 1 is 1.38 bits per heavy atom. The van der Waals surface area contributed by atoms with Gasteiger partial charge in [0.05, 0.1) is 6.42 Å². The van der Waals surface area contributed by atoms with Crippen LogP contribution < -0.4 is 10.6 Å². The second kappa shape index (κ2) is 6.35. The summed E-state index contributed by atoms with van der Waals surface area (Å²) in [5.41, 5.74) is 1.17. The minimum Gasteiger partial charge on any atom is -0.481 e. The van der Waals surface area contributed by atoms with Crippen molar-refractivity contribution in [3.63, 3.8) is 0 Å². The molecule has 5 nitrogen and oxygen atoms in total. The van der Waals surface area contributed by atoms with Crippen molar-refractivity contribution in [3.8, 4) is 0 Å². The molecule has 0 radical (unpaired) electrons. The second-order valence-electron chi connectivity index (χ2n) is 5.64. The average Bonchev–Trinajstić information content (AvgIpc) is 2.37. The highest BCUT2D eigenvalue weighted by atomic mass is 35.5. The molecule has 1 saturated carbocycles. The number of hydrogen-bond donors (Lipinski definition) is 3. The average molecular weight is 311 g/mol. The van der Waals surface area contributed by atoms with Crippen LogP contribution in [0.25, 0.3) is 0 Å². The first kappa shape index (κ1) is 15.6. The highest BCUT2D eigenvalue weighted by Gasteiger charge is 2.39. The van der Waals surface area contributed by atoms with Gasteiger partial charge >= 0.3 is 12.0 Å². The summed E-state index contributed by atoms with van der Waals surface area (Å²) in [6.45, 7) is 2.21. The normalized spacial score (nSPS) is 15.9. The summed E-state index contributed by atoms with van der Waals surface area (Å²) in [6.07, 6.45) is 2.80. The molecule has 1 aromatic carbocycles. The first-order valence-corrected chi connectivity index (χ1v) is 7.31. The van der Waals surface area contributed by atoms with Gasteiger partial charge in [-0.2, -0.15) is 0 Å². The van der Waals surface area contributed by atoms with E-state index in [-0.39, 0.29) is 17.9 Å². The van der Waals surface area contributed by atoms with E-state index in [1.165, 1.54) is 0 Å². The molecular formula is C15H19ClN2O3. The lowest BCUT2D eigenvalue weighted by Gasteiger charge is -2.40. The summed E-state index contributed by atoms with van der Waals surface area (Å²) in [6, 6.07) is 4.97. The third-order valence-corrected chi connectivity index (χ3v) is 4.49. The van der Waals surface area contributed by atoms with Gasteiger partial charge in [-0.15, -0.1) is 0 Å². The maximum Gasteiger partial charge on any atom is 0.319 e. The molecule has 0 atom stereocenters. The molecule has 0 saturated heterocycles. The summed E-state index contributed by atoms with van der Waals surface area (Å²) in [4.78, 5) is 22.8. The number of amides is 2. The van der Waals surface area contributed by atoms with Gasteiger partial charge in [-0.3, -0.25) is 4.79 Å². The van der Waals surface area contributed by atoms with Crippen molar-refractivity contribution in [1.29, 1.82) is 0 Å². The van der Waals surface area contributed by atoms with Crippen molar-refractivity contribution >= 4 is 29.3 Å². The van der Waals surface area contributed by atoms with Gasteiger partial charge in [-0.1, -0.05) is 24.1 Å². The van der Waals surface area contributed by atoms with E-state index in [0.29, 0.717) is 17.3 Å². The summed E-state index contributed by atoms with van der Waals surface area (Å²) >= 11 is 6.00. The molecule has 0 heterocycles. The number of carbonyl (C=O) groups is 2. The minimum atomic E-state index is -0.817. The number of urea groups is 1. The zero-order chi connectivity index (χ0) is 15.5. The standard InChI is InChI=1S/C15H19ClN2O3/c1-10-11(16)4-2-5-12(10)18-14(21)17-9-15(6-3-7-15)8-13(19)20/h2,4-5H,3,6-9H2,1H3,(H,19,20)(H2,17,18,21). The van der Waals surface area contributed by atoms with Crippen LogP contribution in [0.4, 0.5) is 10.5 Å². The molecule has 2 amide bonds. The van der Waals surface area contributed by atoms with Gasteiger partial charge in [0.2, 0.25) is 0 Å². The summed E-state index contributed by atoms with van der Waals surface area (Å²) in [5, 5.41) is 15.0. The van der Waals surface area contributed by atoms with Crippen LogP contribution >= 0.6 is 11.6 Å². The van der Waals surface area contributed by atoms with E-state index in [2.05, 4.69) is 10.6 Å². The Kier molecular flexibility index (Phi) is 4.73. The number of nitrogens with one attached hydrogen (secondary N) is 2. The third kappa shape index (κ3) is 3.88. The van der Waals surface area contributed by atoms with Crippen LogP contribution in [0.2, 0.25) is 5.02 Å². The maximum atomic E-state index is 11.9. The van der Waals surface area contributed by atoms with Gasteiger partial charge in [0.1, 0.15) is 0 Å². The van der Waals surface area contributed by atoms with Crippen LogP contribution in [0.5, 0.6) is 0 Å². The first-order valence-electron chi connectivity index (χ1n) is 6.94. The fourth-order valence-corrected chi connectivity index (χ4v) is 2.77. The van der Waals surface area contributed by atoms with Crippen molar-refractivity contribution < 1.29 is 14.7 Å². The maximum absolute atomic E-state index is 11.9. The van der Waals surface area contributed by atoms with E-state index >= 15 is 0 Å². The predicted molar refractivity (Wildman–Crippen MR) is 81.7 cm³/mol. The zero-order valence-corrected chi connectivity index (χ0v) is 12.7. The van der Waals surface area contributed by atoms with Crippen molar-refractivity contribution in [1.82, 2.24) is 5.32 Å². The Labute approximate surface area is 128 Å². The van der Waals surface area contributed by atoms with E-state index in [4.69, 9.17) is 16.7 Å². The number of rotatable bonds is 5. The Morgan fingerprint density at radius 2 is 2.10 bits per heavy atom. The number of benzene rings is 1. The SMILES string of the molecule is Cc1c(Cl)cccc1NC(=O)NCC1(CC(=O)O)CCC1. The molecule has 114 valence electrons. The summed E-state index contributed by atoms with van der Waals surface area (Å²) in [7, 11) is 0. The van der Waals surface area contributed by atoms with E-state index in [0.717, 1.165) is 24.8 Å². The van der Waals surface area contributed by atoms with Gasteiger partial charge in [0.25, 0.3) is 0 Å². The topological polar surface area (TPSA) is 78.4 Å². The highest BCUT2D eigenvalue weighted by Crippen LogP contribution is 2.43. The van der Waals surface area contributed by atoms with Gasteiger partial charge in [-0.25, -0.2) is 4.79 Å². The molecule has 6 heteroatoms. The fourth-order valence-electron chi connectivity index (χ4n) is 2.59. The quantitative estimate of drug-likeness (QED) is 0.779. The Morgan fingerprint density at radius 3 is 2.67 bits per heavy atom. The molecule has 0 bridgehead atoms. The van der Waals surface area contributed by atoms with Crippen LogP contribution in [0.1, 0.15) is 31.2 Å². The number of halogens is 1. The van der Waals surface area contributed by atoms with E-state index < -0.39 is 5.97 Å². The molecule has 0 aliphatic heterocycles. The molecule has 3 N–H and O–H groups in total. The smallest absolute Gasteiger partial charge is 0.319 e. The van der Waals surface area contributed by atoms with Crippen LogP contribution in [0.15, 0.2) is 18.2 Å². The van der Waals surface area contributed by atoms with Crippen LogP contribution in [0.3, 0.4) is 0 Å². The molecule has 1 aromatic rings. The Bertz CT molecular complexity index is 556. The largest absolute Gasteiger partial charge is 0.481 e. The van der Waals surface area contributed by atoms with Crippen LogP contribution in [0, 0.1) is 12.3 Å². The number of anilines is 1. The second-order valence-corrected chi connectivity index (χ2v) is 6.05. The zero-order valence-electron chi connectivity index (χ0n) is 11.9. The lowest BCUT2D eigenvalue weighted by molar-refractivity contribution is -0.141. The minimum absolute atomic E-state index is 0.101. The number of hydrogen-bond acceptors (Lipinski definition) is 2. The van der Waals surface area contributed by atoms with Crippen molar-refractivity contribution in [2.24, 2.45) is 5.41 Å². The number of carbonyl (C=O) groups excluding carboxylic acids is 1. The van der Waals surface area contributed by atoms with Crippen LogP contribution in [-0.2, 0) is 4.79 Å². The lowest BCUT2D eigenvalue weighted by atomic mass is 9.66. The molecule has 0 spiro atoms. The van der Waals surface area contributed by atoms with Gasteiger partial charge in [0, 0.05) is 17.3 Å². The molecule has 1 aliphatic carbocycles. The fraction of sp³-hybridized carbons (Fsp3) is 0.467.